The first kappa shape index (κ1) is 23.2. The van der Waals surface area contributed by atoms with Gasteiger partial charge in [-0.25, -0.2) is 0 Å². The topological polar surface area (TPSA) is 66.3 Å². The summed E-state index contributed by atoms with van der Waals surface area (Å²) < 4.78 is 96.0. The molecule has 0 aliphatic heterocycles. The van der Waals surface area contributed by atoms with Crippen LogP contribution in [0.2, 0.25) is 0 Å². The summed E-state index contributed by atoms with van der Waals surface area (Å²) in [4.78, 5) is 0. The van der Waals surface area contributed by atoms with E-state index in [-0.39, 0.29) is 16.9 Å². The molecule has 0 aliphatic rings. The summed E-state index contributed by atoms with van der Waals surface area (Å²) in [5, 5.41) is 19.6. The van der Waals surface area contributed by atoms with E-state index in [1.54, 1.807) is 7.05 Å². The number of rotatable bonds is 7. The average Bonchev–Trinajstić information content (AvgIpc) is 3.04. The highest BCUT2D eigenvalue weighted by atomic mass is 19.4. The van der Waals surface area contributed by atoms with Gasteiger partial charge in [0.05, 0.1) is 7.05 Å². The van der Waals surface area contributed by atoms with Gasteiger partial charge in [0.15, 0.2) is 6.61 Å². The Hall–Kier alpha value is -3.12. The van der Waals surface area contributed by atoms with E-state index in [2.05, 4.69) is 14.9 Å². The predicted octanol–water partition coefficient (Wildman–Crippen LogP) is 2.54. The highest BCUT2D eigenvalue weighted by molar-refractivity contribution is 5.93. The van der Waals surface area contributed by atoms with E-state index in [1.807, 2.05) is 0 Å². The van der Waals surface area contributed by atoms with Gasteiger partial charge in [0.1, 0.15) is 5.75 Å². The molecule has 0 fully saturated rings. The van der Waals surface area contributed by atoms with E-state index < -0.39 is 30.5 Å². The Morgan fingerprint density at radius 3 is 2.47 bits per heavy atom. The molecule has 1 aromatic heterocycles. The lowest BCUT2D eigenvalue weighted by Gasteiger charge is -2.28. The second-order valence-corrected chi connectivity index (χ2v) is 6.17. The number of alkyl halides is 7. The van der Waals surface area contributed by atoms with Crippen molar-refractivity contribution >= 4 is 12.0 Å². The minimum absolute atomic E-state index is 0.123. The van der Waals surface area contributed by atoms with Gasteiger partial charge in [-0.2, -0.15) is 30.7 Å². The van der Waals surface area contributed by atoms with Gasteiger partial charge in [0.2, 0.25) is 6.33 Å². The number of benzene rings is 1. The largest absolute Gasteiger partial charge is 0.856 e. The molecular formula is C17H15F7N4O2. The Bertz CT molecular complexity index is 952. The molecule has 0 spiro atoms. The summed E-state index contributed by atoms with van der Waals surface area (Å²) >= 11 is 0. The summed E-state index contributed by atoms with van der Waals surface area (Å²) in [5.74, 6) is -12.8. The molecule has 30 heavy (non-hydrogen) atoms. The molecule has 2 aromatic rings. The molecule has 0 unspecified atom stereocenters. The molecule has 0 saturated carbocycles. The number of halogens is 7. The SMILES string of the molecule is C/C(=C\c1cccc(OCC(F)(F)C(F)(F)C(F)(F)F)c1)C([O-])=N[n+]1cnn(C)c1. The maximum atomic E-state index is 13.3. The molecule has 0 amide bonds. The molecule has 13 heteroatoms. The van der Waals surface area contributed by atoms with Crippen molar-refractivity contribution in [1.82, 2.24) is 9.78 Å². The minimum atomic E-state index is -6.43. The first-order valence-electron chi connectivity index (χ1n) is 8.13. The third-order valence-corrected chi connectivity index (χ3v) is 3.66. The molecule has 0 radical (unpaired) electrons. The molecule has 6 nitrogen and oxygen atoms in total. The summed E-state index contributed by atoms with van der Waals surface area (Å²) in [5.41, 5.74) is 0.369. The number of nitrogens with zero attached hydrogens (tertiary/aromatic N) is 4. The van der Waals surface area contributed by atoms with Crippen LogP contribution in [0.5, 0.6) is 5.75 Å². The maximum Gasteiger partial charge on any atom is 0.460 e. The molecule has 1 aromatic carbocycles. The number of hydrogen-bond donors (Lipinski definition) is 0. The van der Waals surface area contributed by atoms with Gasteiger partial charge in [-0.1, -0.05) is 18.2 Å². The zero-order chi connectivity index (χ0) is 22.7. The van der Waals surface area contributed by atoms with Crippen molar-refractivity contribution in [2.75, 3.05) is 6.61 Å². The molecule has 0 N–H and O–H groups in total. The van der Waals surface area contributed by atoms with Crippen molar-refractivity contribution in [2.24, 2.45) is 12.1 Å². The average molecular weight is 440 g/mol. The van der Waals surface area contributed by atoms with E-state index in [0.717, 1.165) is 16.8 Å². The summed E-state index contributed by atoms with van der Waals surface area (Å²) in [6.07, 6.45) is -2.44. The Kier molecular flexibility index (Phi) is 6.42. The van der Waals surface area contributed by atoms with E-state index >= 15 is 0 Å². The van der Waals surface area contributed by atoms with Crippen molar-refractivity contribution in [3.63, 3.8) is 0 Å². The van der Waals surface area contributed by atoms with Crippen LogP contribution in [0.15, 0.2) is 47.6 Å². The number of aryl methyl sites for hydroxylation is 1. The molecule has 0 bridgehead atoms. The fourth-order valence-electron chi connectivity index (χ4n) is 2.08. The van der Waals surface area contributed by atoms with Crippen LogP contribution in [0.1, 0.15) is 12.5 Å². The lowest BCUT2D eigenvalue weighted by molar-refractivity contribution is -0.682. The Balaban J connectivity index is 2.14. The van der Waals surface area contributed by atoms with Crippen LogP contribution in [0.3, 0.4) is 0 Å². The second-order valence-electron chi connectivity index (χ2n) is 6.17. The van der Waals surface area contributed by atoms with E-state index in [4.69, 9.17) is 0 Å². The molecule has 0 saturated heterocycles. The summed E-state index contributed by atoms with van der Waals surface area (Å²) in [7, 11) is 1.61. The van der Waals surface area contributed by atoms with Crippen LogP contribution in [0.4, 0.5) is 30.7 Å². The van der Waals surface area contributed by atoms with Gasteiger partial charge in [0, 0.05) is 11.0 Å². The lowest BCUT2D eigenvalue weighted by Crippen LogP contribution is -2.54. The van der Waals surface area contributed by atoms with E-state index in [0.29, 0.717) is 0 Å². The molecular weight excluding hydrogens is 425 g/mol. The zero-order valence-electron chi connectivity index (χ0n) is 15.5. The number of aromatic nitrogens is 3. The van der Waals surface area contributed by atoms with Crippen molar-refractivity contribution in [3.05, 3.63) is 48.1 Å². The van der Waals surface area contributed by atoms with Crippen LogP contribution in [0, 0.1) is 0 Å². The fourth-order valence-corrected chi connectivity index (χ4v) is 2.08. The second kappa shape index (κ2) is 8.32. The van der Waals surface area contributed by atoms with Crippen LogP contribution < -0.4 is 14.5 Å². The first-order valence-corrected chi connectivity index (χ1v) is 8.13. The first-order chi connectivity index (χ1) is 13.7. The molecule has 1 heterocycles. The van der Waals surface area contributed by atoms with Crippen LogP contribution in [-0.2, 0) is 7.05 Å². The van der Waals surface area contributed by atoms with Crippen molar-refractivity contribution in [1.29, 1.82) is 0 Å². The van der Waals surface area contributed by atoms with Crippen molar-refractivity contribution in [3.8, 4) is 5.75 Å². The molecule has 0 aliphatic carbocycles. The van der Waals surface area contributed by atoms with Gasteiger partial charge in [-0.3, -0.25) is 0 Å². The predicted molar refractivity (Wildman–Crippen MR) is 87.8 cm³/mol. The fraction of sp³-hybridized carbons (Fsp3) is 0.353. The normalized spacial score (nSPS) is 14.2. The van der Waals surface area contributed by atoms with Crippen LogP contribution in [0.25, 0.3) is 6.08 Å². The standard InChI is InChI=1S/C17H15F7N4O2/c1-11(14(29)26-28-9-25-27(2)10-28)6-12-4-3-5-13(7-12)30-8-15(18,19)16(20,21)17(22,23)24/h3-7,9-10H,8H2,1-2H3/b11-6+. The Labute approximate surface area is 165 Å². The van der Waals surface area contributed by atoms with Gasteiger partial charge in [-0.15, -0.1) is 14.5 Å². The highest BCUT2D eigenvalue weighted by Crippen LogP contribution is 2.46. The maximum absolute atomic E-state index is 13.3. The number of hydrogen-bond acceptors (Lipinski definition) is 4. The summed E-state index contributed by atoms with van der Waals surface area (Å²) in [6, 6.07) is 4.90. The third kappa shape index (κ3) is 5.27. The lowest BCUT2D eigenvalue weighted by atomic mass is 10.1. The third-order valence-electron chi connectivity index (χ3n) is 3.66. The van der Waals surface area contributed by atoms with Crippen LogP contribution >= 0.6 is 0 Å². The van der Waals surface area contributed by atoms with E-state index in [1.165, 1.54) is 42.5 Å². The zero-order valence-corrected chi connectivity index (χ0v) is 15.5. The van der Waals surface area contributed by atoms with Crippen molar-refractivity contribution in [2.45, 2.75) is 24.9 Å². The van der Waals surface area contributed by atoms with Gasteiger partial charge < -0.3 is 9.84 Å². The number of ether oxygens (including phenoxy) is 1. The summed E-state index contributed by atoms with van der Waals surface area (Å²) in [6.45, 7) is -0.786. The van der Waals surface area contributed by atoms with Gasteiger partial charge in [-0.05, 0) is 30.2 Å². The molecule has 164 valence electrons. The minimum Gasteiger partial charge on any atom is -0.856 e. The smallest absolute Gasteiger partial charge is 0.460 e. The van der Waals surface area contributed by atoms with Crippen molar-refractivity contribution < 1.29 is 45.3 Å². The quantitative estimate of drug-likeness (QED) is 0.288. The van der Waals surface area contributed by atoms with Gasteiger partial charge >= 0.3 is 18.0 Å². The monoisotopic (exact) mass is 440 g/mol. The Morgan fingerprint density at radius 1 is 1.23 bits per heavy atom. The molecule has 2 rings (SSSR count). The molecule has 0 atom stereocenters. The Morgan fingerprint density at radius 2 is 1.90 bits per heavy atom. The van der Waals surface area contributed by atoms with E-state index in [9.17, 15) is 35.8 Å². The van der Waals surface area contributed by atoms with Gasteiger partial charge in [0.25, 0.3) is 6.33 Å². The highest BCUT2D eigenvalue weighted by Gasteiger charge is 2.73. The van der Waals surface area contributed by atoms with Crippen LogP contribution in [-0.4, -0.2) is 40.3 Å².